The van der Waals surface area contributed by atoms with Gasteiger partial charge in [-0.05, 0) is 66.6 Å². The molecule has 3 atom stereocenters. The van der Waals surface area contributed by atoms with Gasteiger partial charge in [0.15, 0.2) is 5.54 Å². The van der Waals surface area contributed by atoms with E-state index in [1.807, 2.05) is 6.92 Å². The number of amides is 3. The third-order valence-electron chi connectivity index (χ3n) is 5.44. The first kappa shape index (κ1) is 31.5. The molecule has 1 unspecified atom stereocenters. The molecule has 0 aromatic carbocycles. The van der Waals surface area contributed by atoms with Crippen molar-refractivity contribution in [1.29, 1.82) is 0 Å². The van der Waals surface area contributed by atoms with Crippen LogP contribution in [0.5, 0.6) is 0 Å². The number of nitrogens with zero attached hydrogens (tertiary/aromatic N) is 1. The number of likely N-dealkylation sites (tertiary alicyclic amines) is 1. The van der Waals surface area contributed by atoms with Gasteiger partial charge in [-0.3, -0.25) is 4.79 Å². The lowest BCUT2D eigenvalue weighted by molar-refractivity contribution is -0.152. The number of nitrogens with one attached hydrogen (secondary N) is 2. The van der Waals surface area contributed by atoms with Crippen molar-refractivity contribution in [3.63, 3.8) is 0 Å². The van der Waals surface area contributed by atoms with E-state index in [9.17, 15) is 34.3 Å². The van der Waals surface area contributed by atoms with Gasteiger partial charge in [-0.15, -0.1) is 0 Å². The van der Waals surface area contributed by atoms with E-state index in [0.717, 1.165) is 0 Å². The Labute approximate surface area is 213 Å². The quantitative estimate of drug-likeness (QED) is 0.287. The molecule has 1 rings (SSSR count). The summed E-state index contributed by atoms with van der Waals surface area (Å²) >= 11 is 0. The number of piperidine rings is 1. The maximum atomic E-state index is 13.5. The first-order valence-corrected chi connectivity index (χ1v) is 12.3. The van der Waals surface area contributed by atoms with Crippen LogP contribution in [0.1, 0.15) is 74.1 Å². The third kappa shape index (κ3) is 10.6. The summed E-state index contributed by atoms with van der Waals surface area (Å²) in [6.45, 7) is 11.6. The summed E-state index contributed by atoms with van der Waals surface area (Å²) < 4.78 is 10.5. The number of carbonyl (C=O) groups excluding carboxylic acids is 3. The van der Waals surface area contributed by atoms with Crippen LogP contribution in [0.15, 0.2) is 0 Å². The number of rotatable bonds is 9. The van der Waals surface area contributed by atoms with Crippen LogP contribution in [0.3, 0.4) is 0 Å². The smallest absolute Gasteiger partial charge is 0.451 e. The first-order valence-electron chi connectivity index (χ1n) is 12.3. The van der Waals surface area contributed by atoms with E-state index >= 15 is 0 Å². The molecule has 1 aliphatic rings. The van der Waals surface area contributed by atoms with Gasteiger partial charge in [0.25, 0.3) is 0 Å². The molecule has 13 heteroatoms. The van der Waals surface area contributed by atoms with Crippen molar-refractivity contribution in [2.24, 2.45) is 5.92 Å². The van der Waals surface area contributed by atoms with Gasteiger partial charge in [0.2, 0.25) is 5.91 Å². The van der Waals surface area contributed by atoms with E-state index in [2.05, 4.69) is 10.6 Å². The summed E-state index contributed by atoms with van der Waals surface area (Å²) in [5.41, 5.74) is -3.52. The lowest BCUT2D eigenvalue weighted by Crippen LogP contribution is -2.67. The largest absolute Gasteiger partial charge is 0.479 e. The monoisotopic (exact) mass is 515 g/mol. The minimum absolute atomic E-state index is 0.0383. The Balaban J connectivity index is 3.26. The van der Waals surface area contributed by atoms with E-state index < -0.39 is 59.9 Å². The molecule has 3 amide bonds. The maximum absolute atomic E-state index is 13.5. The molecule has 0 radical (unpaired) electrons. The minimum Gasteiger partial charge on any atom is -0.479 e. The molecule has 0 saturated carbocycles. The zero-order valence-electron chi connectivity index (χ0n) is 22.4. The molecular weight excluding hydrogens is 473 g/mol. The van der Waals surface area contributed by atoms with Gasteiger partial charge in [-0.1, -0.05) is 19.8 Å². The first-order chi connectivity index (χ1) is 16.4. The number of aliphatic carboxylic acids is 1. The second-order valence-corrected chi connectivity index (χ2v) is 11.3. The number of hydrogen-bond donors (Lipinski definition) is 5. The van der Waals surface area contributed by atoms with Crippen molar-refractivity contribution in [1.82, 2.24) is 15.5 Å². The Bertz CT molecular complexity index is 795. The van der Waals surface area contributed by atoms with Gasteiger partial charge >= 0.3 is 25.3 Å². The molecular formula is C23H42BN3O9. The Kier molecular flexibility index (Phi) is 11.0. The van der Waals surface area contributed by atoms with Crippen molar-refractivity contribution in [2.75, 3.05) is 13.1 Å². The molecule has 5 N–H and O–H groups in total. The molecule has 0 aromatic rings. The van der Waals surface area contributed by atoms with Crippen molar-refractivity contribution in [2.45, 2.75) is 103 Å². The lowest BCUT2D eigenvalue weighted by Gasteiger charge is -2.45. The van der Waals surface area contributed by atoms with E-state index in [-0.39, 0.29) is 38.7 Å². The number of ether oxygens (including phenoxy) is 2. The average Bonchev–Trinajstić information content (AvgIpc) is 2.68. The van der Waals surface area contributed by atoms with Gasteiger partial charge in [-0.25, -0.2) is 14.4 Å². The SMILES string of the molecule is CCCC(NC(=O)OC(C)(C)C)C(=O)N1C[C@@H](CCB(O)O)C[C@](NC(=O)OC(C)(C)C)(C(=O)O)C1. The molecule has 0 aliphatic carbocycles. The predicted molar refractivity (Wildman–Crippen MR) is 132 cm³/mol. The van der Waals surface area contributed by atoms with Crippen LogP contribution in [0.2, 0.25) is 6.32 Å². The summed E-state index contributed by atoms with van der Waals surface area (Å²) in [5.74, 6) is -2.35. The van der Waals surface area contributed by atoms with Gasteiger partial charge in [-0.2, -0.15) is 0 Å². The van der Waals surface area contributed by atoms with Crippen LogP contribution in [-0.2, 0) is 19.1 Å². The van der Waals surface area contributed by atoms with Crippen LogP contribution in [0.25, 0.3) is 0 Å². The third-order valence-corrected chi connectivity index (χ3v) is 5.44. The Hall–Kier alpha value is -2.54. The number of carboxylic acid groups (broad SMARTS) is 1. The predicted octanol–water partition coefficient (Wildman–Crippen LogP) is 1.74. The maximum Gasteiger partial charge on any atom is 0.451 e. The fraction of sp³-hybridized carbons (Fsp3) is 0.826. The molecule has 1 heterocycles. The van der Waals surface area contributed by atoms with Crippen LogP contribution in [-0.4, -0.2) is 87.1 Å². The highest BCUT2D eigenvalue weighted by atomic mass is 16.6. The molecule has 1 saturated heterocycles. The number of carbonyl (C=O) groups is 4. The standard InChI is InChI=1S/C23H42BN3O9/c1-8-9-16(25-19(31)35-21(2,3)4)17(28)27-13-15(10-11-24(33)34)12-23(14-27,18(29)30)26-20(32)36-22(5,6)7/h15-16,33-34H,8-14H2,1-7H3,(H,25,31)(H,26,32)(H,29,30)/t15-,16?,23+/m0/s1. The van der Waals surface area contributed by atoms with Crippen molar-refractivity contribution in [3.05, 3.63) is 0 Å². The molecule has 12 nitrogen and oxygen atoms in total. The molecule has 0 spiro atoms. The zero-order chi connectivity index (χ0) is 27.9. The van der Waals surface area contributed by atoms with Gasteiger partial charge < -0.3 is 40.2 Å². The van der Waals surface area contributed by atoms with E-state index in [1.165, 1.54) is 4.90 Å². The number of alkyl carbamates (subject to hydrolysis) is 2. The van der Waals surface area contributed by atoms with Crippen molar-refractivity contribution in [3.8, 4) is 0 Å². The fourth-order valence-electron chi connectivity index (χ4n) is 4.08. The average molecular weight is 515 g/mol. The second kappa shape index (κ2) is 12.6. The van der Waals surface area contributed by atoms with Gasteiger partial charge in [0.1, 0.15) is 17.2 Å². The van der Waals surface area contributed by atoms with Crippen LogP contribution < -0.4 is 10.6 Å². The second-order valence-electron chi connectivity index (χ2n) is 11.3. The number of hydrogen-bond acceptors (Lipinski definition) is 8. The summed E-state index contributed by atoms with van der Waals surface area (Å²) in [6, 6.07) is -0.972. The summed E-state index contributed by atoms with van der Waals surface area (Å²) in [5, 5.41) is 33.8. The zero-order valence-corrected chi connectivity index (χ0v) is 22.4. The van der Waals surface area contributed by atoms with Crippen LogP contribution in [0.4, 0.5) is 9.59 Å². The van der Waals surface area contributed by atoms with E-state index in [0.29, 0.717) is 6.42 Å². The molecule has 36 heavy (non-hydrogen) atoms. The van der Waals surface area contributed by atoms with E-state index in [1.54, 1.807) is 41.5 Å². The highest BCUT2D eigenvalue weighted by Crippen LogP contribution is 2.31. The van der Waals surface area contributed by atoms with Crippen LogP contribution >= 0.6 is 0 Å². The Morgan fingerprint density at radius 2 is 1.61 bits per heavy atom. The Morgan fingerprint density at radius 3 is 2.08 bits per heavy atom. The van der Waals surface area contributed by atoms with E-state index in [4.69, 9.17) is 9.47 Å². The van der Waals surface area contributed by atoms with Crippen molar-refractivity contribution >= 4 is 31.2 Å². The highest BCUT2D eigenvalue weighted by molar-refractivity contribution is 6.40. The fourth-order valence-corrected chi connectivity index (χ4v) is 4.08. The number of carboxylic acids is 1. The summed E-state index contributed by atoms with van der Waals surface area (Å²) in [4.78, 5) is 52.2. The minimum atomic E-state index is -1.87. The lowest BCUT2D eigenvalue weighted by atomic mass is 9.75. The summed E-state index contributed by atoms with van der Waals surface area (Å²) in [6.07, 6.45) is -0.766. The molecule has 1 aliphatic heterocycles. The van der Waals surface area contributed by atoms with Gasteiger partial charge in [0.05, 0.1) is 6.54 Å². The Morgan fingerprint density at radius 1 is 1.06 bits per heavy atom. The normalized spacial score (nSPS) is 21.2. The van der Waals surface area contributed by atoms with Gasteiger partial charge in [0, 0.05) is 6.54 Å². The van der Waals surface area contributed by atoms with Crippen molar-refractivity contribution < 1.29 is 43.8 Å². The van der Waals surface area contributed by atoms with Crippen LogP contribution in [0, 0.1) is 5.92 Å². The topological polar surface area (TPSA) is 175 Å². The molecule has 1 fully saturated rings. The molecule has 206 valence electrons. The molecule has 0 bridgehead atoms. The summed E-state index contributed by atoms with van der Waals surface area (Å²) in [7, 11) is -1.60. The molecule has 0 aromatic heterocycles. The highest BCUT2D eigenvalue weighted by Gasteiger charge is 2.49.